The molecule has 0 fully saturated rings. The van der Waals surface area contributed by atoms with Crippen molar-refractivity contribution in [1.29, 1.82) is 0 Å². The summed E-state index contributed by atoms with van der Waals surface area (Å²) in [6.45, 7) is 5.03. The third-order valence-corrected chi connectivity index (χ3v) is 8.80. The molecule has 0 bridgehead atoms. The van der Waals surface area contributed by atoms with Gasteiger partial charge in [0.05, 0.1) is 11.1 Å². The zero-order valence-electron chi connectivity index (χ0n) is 20.4. The second-order valence-corrected chi connectivity index (χ2v) is 11.4. The molecule has 0 unspecified atom stereocenters. The molecule has 6 heteroatoms. The number of thioether (sulfide) groups is 1. The van der Waals surface area contributed by atoms with Crippen molar-refractivity contribution in [1.82, 2.24) is 14.5 Å². The van der Waals surface area contributed by atoms with Crippen molar-refractivity contribution in [3.05, 3.63) is 87.0 Å². The monoisotopic (exact) mass is 503 g/mol. The lowest BCUT2D eigenvalue weighted by atomic mass is 10.0. The van der Waals surface area contributed by atoms with Crippen LogP contribution in [0.2, 0.25) is 0 Å². The van der Waals surface area contributed by atoms with Gasteiger partial charge in [-0.15, -0.1) is 11.3 Å². The normalized spacial score (nSPS) is 13.9. The number of rotatable bonds is 10. The average Bonchev–Trinajstić information content (AvgIpc) is 3.25. The largest absolute Gasteiger partial charge is 0.294 e. The van der Waals surface area contributed by atoms with Crippen LogP contribution in [0.25, 0.3) is 15.9 Å². The Hall–Kier alpha value is -2.41. The number of fused-ring (bicyclic) bond motifs is 3. The summed E-state index contributed by atoms with van der Waals surface area (Å²) in [5, 5.41) is 1.66. The quantitative estimate of drug-likeness (QED) is 0.132. The molecule has 0 aliphatic carbocycles. The minimum absolute atomic E-state index is 0.0868. The number of para-hydroxylation sites is 1. The van der Waals surface area contributed by atoms with E-state index in [1.807, 2.05) is 34.9 Å². The van der Waals surface area contributed by atoms with Gasteiger partial charge >= 0.3 is 0 Å². The van der Waals surface area contributed by atoms with Crippen LogP contribution in [0.1, 0.15) is 55.0 Å². The third-order valence-electron chi connectivity index (χ3n) is 6.67. The summed E-state index contributed by atoms with van der Waals surface area (Å²) < 4.78 is 1.85. The molecule has 4 aromatic rings. The van der Waals surface area contributed by atoms with Gasteiger partial charge in [-0.05, 0) is 36.1 Å². The molecule has 2 aromatic carbocycles. The first-order valence-corrected chi connectivity index (χ1v) is 14.6. The molecule has 1 aliphatic rings. The smallest absolute Gasteiger partial charge is 0.267 e. The summed E-state index contributed by atoms with van der Waals surface area (Å²) in [5.41, 5.74) is 3.54. The van der Waals surface area contributed by atoms with Gasteiger partial charge in [-0.1, -0.05) is 92.9 Å². The molecular formula is C29H33N3OS2. The Morgan fingerprint density at radius 1 is 0.971 bits per heavy atom. The number of unbranched alkanes of at least 4 members (excludes halogenated alkanes) is 4. The third kappa shape index (κ3) is 5.55. The van der Waals surface area contributed by atoms with E-state index in [2.05, 4.69) is 42.2 Å². The van der Waals surface area contributed by atoms with Crippen molar-refractivity contribution >= 4 is 33.3 Å². The number of hydrogen-bond donors (Lipinski definition) is 0. The summed E-state index contributed by atoms with van der Waals surface area (Å²) >= 11 is 3.44. The zero-order chi connectivity index (χ0) is 24.0. The Labute approximate surface area is 216 Å². The highest BCUT2D eigenvalue weighted by atomic mass is 32.2. The van der Waals surface area contributed by atoms with E-state index in [9.17, 15) is 4.79 Å². The maximum atomic E-state index is 13.9. The van der Waals surface area contributed by atoms with Crippen molar-refractivity contribution in [2.24, 2.45) is 0 Å². The number of benzene rings is 2. The minimum atomic E-state index is 0.0868. The second-order valence-electron chi connectivity index (χ2n) is 9.26. The van der Waals surface area contributed by atoms with Gasteiger partial charge in [0, 0.05) is 30.3 Å². The van der Waals surface area contributed by atoms with Crippen LogP contribution in [-0.4, -0.2) is 26.7 Å². The Morgan fingerprint density at radius 3 is 2.49 bits per heavy atom. The van der Waals surface area contributed by atoms with Gasteiger partial charge in [0.15, 0.2) is 5.16 Å². The highest BCUT2D eigenvalue weighted by Gasteiger charge is 2.25. The average molecular weight is 504 g/mol. The summed E-state index contributed by atoms with van der Waals surface area (Å²) in [6, 6.07) is 20.7. The molecule has 0 N–H and O–H groups in total. The van der Waals surface area contributed by atoms with E-state index < -0.39 is 0 Å². The zero-order valence-corrected chi connectivity index (χ0v) is 22.0. The van der Waals surface area contributed by atoms with Gasteiger partial charge in [0.25, 0.3) is 5.56 Å². The molecule has 35 heavy (non-hydrogen) atoms. The molecule has 182 valence electrons. The summed E-state index contributed by atoms with van der Waals surface area (Å²) in [7, 11) is 0. The van der Waals surface area contributed by atoms with Gasteiger partial charge in [-0.3, -0.25) is 14.3 Å². The molecule has 2 aromatic heterocycles. The summed E-state index contributed by atoms with van der Waals surface area (Å²) in [6.07, 6.45) is 7.13. The van der Waals surface area contributed by atoms with Gasteiger partial charge in [-0.25, -0.2) is 4.98 Å². The summed E-state index contributed by atoms with van der Waals surface area (Å²) in [4.78, 5) is 23.7. The molecule has 1 aliphatic heterocycles. The SMILES string of the molecule is CCCCCCCSc1nc2sc3c(c2c(=O)n1-c1ccccc1)CCN(Cc1ccccc1)C3. The van der Waals surface area contributed by atoms with Crippen molar-refractivity contribution in [3.8, 4) is 5.69 Å². The van der Waals surface area contributed by atoms with Crippen LogP contribution in [-0.2, 0) is 19.5 Å². The first kappa shape index (κ1) is 24.3. The molecule has 4 nitrogen and oxygen atoms in total. The fourth-order valence-corrected chi connectivity index (χ4v) is 7.14. The van der Waals surface area contributed by atoms with Crippen LogP contribution in [0, 0.1) is 0 Å². The maximum absolute atomic E-state index is 13.9. The van der Waals surface area contributed by atoms with E-state index in [1.165, 1.54) is 41.7 Å². The van der Waals surface area contributed by atoms with E-state index in [1.54, 1.807) is 23.1 Å². The van der Waals surface area contributed by atoms with Crippen LogP contribution >= 0.6 is 23.1 Å². The van der Waals surface area contributed by atoms with Gasteiger partial charge in [0.2, 0.25) is 0 Å². The standard InChI is InChI=1S/C29H33N3OS2/c1-2-3-4-5-12-19-34-29-30-27-26(28(33)32(29)23-15-10-7-11-16-23)24-17-18-31(21-25(24)35-27)20-22-13-8-6-9-14-22/h6-11,13-16H,2-5,12,17-21H2,1H3. The highest BCUT2D eigenvalue weighted by molar-refractivity contribution is 7.99. The highest BCUT2D eigenvalue weighted by Crippen LogP contribution is 2.35. The van der Waals surface area contributed by atoms with Crippen molar-refractivity contribution in [2.75, 3.05) is 12.3 Å². The number of hydrogen-bond acceptors (Lipinski definition) is 5. The van der Waals surface area contributed by atoms with E-state index in [0.29, 0.717) is 0 Å². The Kier molecular flexibility index (Phi) is 8.02. The van der Waals surface area contributed by atoms with Crippen LogP contribution in [0.15, 0.2) is 70.6 Å². The molecule has 0 amide bonds. The maximum Gasteiger partial charge on any atom is 0.267 e. The van der Waals surface area contributed by atoms with Crippen LogP contribution in [0.3, 0.4) is 0 Å². The van der Waals surface area contributed by atoms with Crippen LogP contribution < -0.4 is 5.56 Å². The number of aromatic nitrogens is 2. The van der Waals surface area contributed by atoms with E-state index in [4.69, 9.17) is 4.98 Å². The first-order valence-electron chi connectivity index (χ1n) is 12.8. The number of thiophene rings is 1. The van der Waals surface area contributed by atoms with Gasteiger partial charge < -0.3 is 0 Å². The number of nitrogens with zero attached hydrogens (tertiary/aromatic N) is 3. The molecule has 0 radical (unpaired) electrons. The van der Waals surface area contributed by atoms with E-state index >= 15 is 0 Å². The van der Waals surface area contributed by atoms with Crippen molar-refractivity contribution < 1.29 is 0 Å². The molecule has 0 atom stereocenters. The molecular weight excluding hydrogens is 470 g/mol. The lowest BCUT2D eigenvalue weighted by Crippen LogP contribution is -2.30. The molecule has 0 spiro atoms. The van der Waals surface area contributed by atoms with Crippen LogP contribution in [0.4, 0.5) is 0 Å². The predicted molar refractivity (Wildman–Crippen MR) is 149 cm³/mol. The topological polar surface area (TPSA) is 38.1 Å². The first-order chi connectivity index (χ1) is 17.2. The van der Waals surface area contributed by atoms with Crippen LogP contribution in [0.5, 0.6) is 0 Å². The fraction of sp³-hybridized carbons (Fsp3) is 0.379. The van der Waals surface area contributed by atoms with E-state index in [-0.39, 0.29) is 5.56 Å². The lowest BCUT2D eigenvalue weighted by molar-refractivity contribution is 0.249. The van der Waals surface area contributed by atoms with Crippen molar-refractivity contribution in [2.45, 2.75) is 63.7 Å². The van der Waals surface area contributed by atoms with E-state index in [0.717, 1.165) is 59.3 Å². The summed E-state index contributed by atoms with van der Waals surface area (Å²) in [5.74, 6) is 0.991. The fourth-order valence-electron chi connectivity index (χ4n) is 4.82. The lowest BCUT2D eigenvalue weighted by Gasteiger charge is -2.26. The molecule has 5 rings (SSSR count). The van der Waals surface area contributed by atoms with Gasteiger partial charge in [-0.2, -0.15) is 0 Å². The Balaban J connectivity index is 1.45. The Bertz CT molecular complexity index is 1310. The second kappa shape index (κ2) is 11.5. The predicted octanol–water partition coefficient (Wildman–Crippen LogP) is 7.07. The molecule has 0 saturated heterocycles. The van der Waals surface area contributed by atoms with Crippen molar-refractivity contribution in [3.63, 3.8) is 0 Å². The minimum Gasteiger partial charge on any atom is -0.294 e. The molecule has 0 saturated carbocycles. The Morgan fingerprint density at radius 2 is 1.71 bits per heavy atom. The van der Waals surface area contributed by atoms with Gasteiger partial charge in [0.1, 0.15) is 4.83 Å². The molecule has 3 heterocycles.